The smallest absolute Gasteiger partial charge is 0.199 e. The number of pyridine rings is 1. The number of nitrogens with zero attached hydrogens (tertiary/aromatic N) is 2. The van der Waals surface area contributed by atoms with E-state index in [9.17, 15) is 4.79 Å². The Kier molecular flexibility index (Phi) is 2.69. The molecule has 2 aliphatic rings. The number of Topliss-reactive ketones (excluding diaryl/α,β-unsaturated/α-hetero) is 1. The zero-order valence-corrected chi connectivity index (χ0v) is 14.4. The number of aliphatic imine (C=N–C) groups is 1. The van der Waals surface area contributed by atoms with Gasteiger partial charge in [0.2, 0.25) is 0 Å². The van der Waals surface area contributed by atoms with Gasteiger partial charge in [0.15, 0.2) is 11.3 Å². The first-order valence-corrected chi connectivity index (χ1v) is 8.96. The van der Waals surface area contributed by atoms with Gasteiger partial charge in [-0.05, 0) is 33.9 Å². The molecule has 1 aliphatic heterocycles. The molecule has 0 fully saturated rings. The fourth-order valence-electron chi connectivity index (χ4n) is 4.36. The highest BCUT2D eigenvalue weighted by Gasteiger charge is 2.44. The van der Waals surface area contributed by atoms with E-state index < -0.39 is 5.54 Å². The molecule has 3 heteroatoms. The lowest BCUT2D eigenvalue weighted by Gasteiger charge is -2.27. The monoisotopic (exact) mass is 346 g/mol. The molecular weight excluding hydrogens is 332 g/mol. The van der Waals surface area contributed by atoms with Crippen molar-refractivity contribution in [3.63, 3.8) is 0 Å². The standard InChI is InChI=1S/C24H14N2O/c27-23-17-4-2-1-3-15(17)9-11-24(23)22-8-7-18-19(21(22)14-26-24)6-5-16-10-12-25-13-20(16)18/h1-14H. The molecule has 0 bridgehead atoms. The number of hydrogen-bond acceptors (Lipinski definition) is 3. The van der Waals surface area contributed by atoms with E-state index in [1.165, 1.54) is 0 Å². The molecule has 0 saturated heterocycles. The molecule has 3 aromatic carbocycles. The summed E-state index contributed by atoms with van der Waals surface area (Å²) in [6.45, 7) is 0. The van der Waals surface area contributed by atoms with Crippen LogP contribution in [0.3, 0.4) is 0 Å². The number of aromatic nitrogens is 1. The molecule has 4 aromatic rings. The number of fused-ring (bicyclic) bond motifs is 7. The van der Waals surface area contributed by atoms with E-state index in [1.54, 1.807) is 6.20 Å². The minimum absolute atomic E-state index is 0.0393. The Balaban J connectivity index is 1.64. The molecule has 1 spiro atoms. The van der Waals surface area contributed by atoms with E-state index >= 15 is 0 Å². The normalized spacial score (nSPS) is 19.8. The van der Waals surface area contributed by atoms with Crippen molar-refractivity contribution in [3.8, 4) is 0 Å². The van der Waals surface area contributed by atoms with Crippen LogP contribution in [0.15, 0.2) is 78.1 Å². The summed E-state index contributed by atoms with van der Waals surface area (Å²) in [6.07, 6.45) is 9.51. The van der Waals surface area contributed by atoms with E-state index in [2.05, 4.69) is 23.2 Å². The van der Waals surface area contributed by atoms with Gasteiger partial charge in [0.05, 0.1) is 0 Å². The minimum Gasteiger partial charge on any atom is -0.291 e. The van der Waals surface area contributed by atoms with Crippen LogP contribution in [0.1, 0.15) is 27.0 Å². The minimum atomic E-state index is -0.943. The van der Waals surface area contributed by atoms with E-state index in [1.807, 2.05) is 61.0 Å². The molecule has 1 atom stereocenters. The van der Waals surface area contributed by atoms with Crippen LogP contribution < -0.4 is 0 Å². The molecular formula is C24H14N2O. The Morgan fingerprint density at radius 3 is 2.70 bits per heavy atom. The summed E-state index contributed by atoms with van der Waals surface area (Å²) in [5.41, 5.74) is 2.72. The van der Waals surface area contributed by atoms with Crippen LogP contribution in [-0.4, -0.2) is 17.0 Å². The first-order valence-electron chi connectivity index (χ1n) is 8.96. The van der Waals surface area contributed by atoms with E-state index in [0.29, 0.717) is 0 Å². The molecule has 1 unspecified atom stereocenters. The molecule has 126 valence electrons. The highest BCUT2D eigenvalue weighted by molar-refractivity contribution is 6.18. The van der Waals surface area contributed by atoms with Gasteiger partial charge in [-0.3, -0.25) is 14.8 Å². The van der Waals surface area contributed by atoms with Crippen LogP contribution in [0.2, 0.25) is 0 Å². The average molecular weight is 346 g/mol. The van der Waals surface area contributed by atoms with Crippen LogP contribution in [0.25, 0.3) is 27.6 Å². The number of carbonyl (C=O) groups excluding carboxylic acids is 1. The SMILES string of the molecule is O=C1c2ccccc2C=CC12N=Cc1c2ccc2c1ccc1ccncc12. The van der Waals surface area contributed by atoms with Crippen molar-refractivity contribution < 1.29 is 4.79 Å². The lowest BCUT2D eigenvalue weighted by molar-refractivity contribution is 0.0922. The Hall–Kier alpha value is -3.59. The van der Waals surface area contributed by atoms with Gasteiger partial charge in [-0.2, -0.15) is 0 Å². The summed E-state index contributed by atoms with van der Waals surface area (Å²) >= 11 is 0. The number of rotatable bonds is 0. The molecule has 6 rings (SSSR count). The molecule has 0 N–H and O–H groups in total. The summed E-state index contributed by atoms with van der Waals surface area (Å²) in [5, 5.41) is 4.51. The Morgan fingerprint density at radius 2 is 1.74 bits per heavy atom. The predicted molar refractivity (Wildman–Crippen MR) is 108 cm³/mol. The molecule has 3 nitrogen and oxygen atoms in total. The van der Waals surface area contributed by atoms with Crippen LogP contribution in [0.4, 0.5) is 0 Å². The second-order valence-corrected chi connectivity index (χ2v) is 7.06. The second kappa shape index (κ2) is 4.98. The third kappa shape index (κ3) is 1.78. The first-order chi connectivity index (χ1) is 13.3. The van der Waals surface area contributed by atoms with Gasteiger partial charge in [0.1, 0.15) is 0 Å². The molecule has 1 aliphatic carbocycles. The Morgan fingerprint density at radius 1 is 0.852 bits per heavy atom. The number of ketones is 1. The highest BCUT2D eigenvalue weighted by atomic mass is 16.1. The lowest BCUT2D eigenvalue weighted by atomic mass is 9.77. The van der Waals surface area contributed by atoms with Gasteiger partial charge in [-0.25, -0.2) is 0 Å². The zero-order valence-electron chi connectivity index (χ0n) is 14.4. The third-order valence-electron chi connectivity index (χ3n) is 5.73. The maximum absolute atomic E-state index is 13.4. The van der Waals surface area contributed by atoms with Crippen LogP contribution in [0, 0.1) is 0 Å². The quantitative estimate of drug-likeness (QED) is 0.424. The highest BCUT2D eigenvalue weighted by Crippen LogP contribution is 2.44. The summed E-state index contributed by atoms with van der Waals surface area (Å²) in [5.74, 6) is 0.0393. The van der Waals surface area contributed by atoms with Crippen molar-refractivity contribution in [1.29, 1.82) is 0 Å². The van der Waals surface area contributed by atoms with Gasteiger partial charge in [0.25, 0.3) is 0 Å². The molecule has 27 heavy (non-hydrogen) atoms. The lowest BCUT2D eigenvalue weighted by Crippen LogP contribution is -2.33. The average Bonchev–Trinajstić information content (AvgIpc) is 3.11. The van der Waals surface area contributed by atoms with Crippen molar-refractivity contribution in [2.45, 2.75) is 5.54 Å². The van der Waals surface area contributed by atoms with Gasteiger partial charge in [0, 0.05) is 40.7 Å². The van der Waals surface area contributed by atoms with E-state index in [4.69, 9.17) is 4.99 Å². The number of hydrogen-bond donors (Lipinski definition) is 0. The number of benzene rings is 3. The van der Waals surface area contributed by atoms with Gasteiger partial charge < -0.3 is 0 Å². The summed E-state index contributed by atoms with van der Waals surface area (Å²) < 4.78 is 0. The van der Waals surface area contributed by atoms with Crippen molar-refractivity contribution in [2.24, 2.45) is 4.99 Å². The number of carbonyl (C=O) groups is 1. The zero-order chi connectivity index (χ0) is 18.0. The van der Waals surface area contributed by atoms with Crippen molar-refractivity contribution in [1.82, 2.24) is 4.98 Å². The van der Waals surface area contributed by atoms with Crippen LogP contribution in [0.5, 0.6) is 0 Å². The summed E-state index contributed by atoms with van der Waals surface area (Å²) in [7, 11) is 0. The second-order valence-electron chi connectivity index (χ2n) is 7.06. The van der Waals surface area contributed by atoms with Crippen LogP contribution in [-0.2, 0) is 5.54 Å². The maximum Gasteiger partial charge on any atom is 0.199 e. The van der Waals surface area contributed by atoms with Gasteiger partial charge >= 0.3 is 0 Å². The largest absolute Gasteiger partial charge is 0.291 e. The van der Waals surface area contributed by atoms with E-state index in [0.717, 1.165) is 43.8 Å². The van der Waals surface area contributed by atoms with Crippen molar-refractivity contribution >= 4 is 39.6 Å². The van der Waals surface area contributed by atoms with Crippen molar-refractivity contribution in [2.75, 3.05) is 0 Å². The summed E-state index contributed by atoms with van der Waals surface area (Å²) in [4.78, 5) is 22.4. The molecule has 0 amide bonds. The molecule has 1 aromatic heterocycles. The van der Waals surface area contributed by atoms with Crippen molar-refractivity contribution in [3.05, 3.63) is 95.3 Å². The maximum atomic E-state index is 13.4. The third-order valence-corrected chi connectivity index (χ3v) is 5.73. The van der Waals surface area contributed by atoms with Crippen LogP contribution >= 0.6 is 0 Å². The molecule has 0 saturated carbocycles. The molecule has 2 heterocycles. The fraction of sp³-hybridized carbons (Fsp3) is 0.0417. The predicted octanol–water partition coefficient (Wildman–Crippen LogP) is 4.93. The summed E-state index contributed by atoms with van der Waals surface area (Å²) in [6, 6.07) is 18.1. The van der Waals surface area contributed by atoms with E-state index in [-0.39, 0.29) is 5.78 Å². The molecule has 0 radical (unpaired) electrons. The van der Waals surface area contributed by atoms with Gasteiger partial charge in [-0.15, -0.1) is 0 Å². The van der Waals surface area contributed by atoms with Gasteiger partial charge in [-0.1, -0.05) is 54.6 Å². The first kappa shape index (κ1) is 14.6. The topological polar surface area (TPSA) is 42.3 Å². The Labute approximate surface area is 155 Å². The Bertz CT molecular complexity index is 1350. The fourth-order valence-corrected chi connectivity index (χ4v) is 4.36.